The molecule has 5 nitrogen and oxygen atoms in total. The van der Waals surface area contributed by atoms with Crippen molar-refractivity contribution < 1.29 is 9.53 Å². The van der Waals surface area contributed by atoms with E-state index >= 15 is 0 Å². The Hall–Kier alpha value is -1.59. The van der Waals surface area contributed by atoms with E-state index < -0.39 is 0 Å². The molecule has 0 spiro atoms. The van der Waals surface area contributed by atoms with Gasteiger partial charge in [0.1, 0.15) is 0 Å². The predicted octanol–water partition coefficient (Wildman–Crippen LogP) is 1.71. The van der Waals surface area contributed by atoms with Gasteiger partial charge in [-0.05, 0) is 37.6 Å². The van der Waals surface area contributed by atoms with Crippen LogP contribution in [-0.4, -0.2) is 43.7 Å². The summed E-state index contributed by atoms with van der Waals surface area (Å²) in [5.74, 6) is 0.0233. The number of amides is 1. The van der Waals surface area contributed by atoms with Crippen LogP contribution in [0.25, 0.3) is 0 Å². The molecule has 1 fully saturated rings. The van der Waals surface area contributed by atoms with Crippen molar-refractivity contribution >= 4 is 17.3 Å². The van der Waals surface area contributed by atoms with E-state index in [2.05, 4.69) is 10.2 Å². The summed E-state index contributed by atoms with van der Waals surface area (Å²) in [5, 5.41) is 2.87. The quantitative estimate of drug-likeness (QED) is 0.804. The highest BCUT2D eigenvalue weighted by atomic mass is 16.5. The van der Waals surface area contributed by atoms with Gasteiger partial charge in [-0.2, -0.15) is 0 Å². The van der Waals surface area contributed by atoms with Crippen LogP contribution < -0.4 is 11.1 Å². The minimum Gasteiger partial charge on any atom is -0.399 e. The number of nitrogen functional groups attached to an aromatic ring is 1. The molecule has 110 valence electrons. The second-order valence-corrected chi connectivity index (χ2v) is 5.22. The van der Waals surface area contributed by atoms with Crippen LogP contribution in [0.5, 0.6) is 0 Å². The number of anilines is 2. The number of hydrogen-bond acceptors (Lipinski definition) is 4. The van der Waals surface area contributed by atoms with Crippen LogP contribution in [0.2, 0.25) is 0 Å². The Morgan fingerprint density at radius 1 is 1.55 bits per heavy atom. The summed E-state index contributed by atoms with van der Waals surface area (Å²) in [6, 6.07) is 7.24. The zero-order valence-electron chi connectivity index (χ0n) is 12.0. The van der Waals surface area contributed by atoms with Gasteiger partial charge in [0.2, 0.25) is 5.91 Å². The average molecular weight is 277 g/mol. The Balaban J connectivity index is 1.75. The van der Waals surface area contributed by atoms with Crippen molar-refractivity contribution in [3.63, 3.8) is 0 Å². The number of nitrogens with one attached hydrogen (secondary N) is 1. The van der Waals surface area contributed by atoms with Crippen LogP contribution in [0.15, 0.2) is 24.3 Å². The third-order valence-electron chi connectivity index (χ3n) is 3.62. The third-order valence-corrected chi connectivity index (χ3v) is 3.62. The SMILES string of the molecule is COC1CCCN(CCC(=O)Nc2cccc(N)c2)C1. The standard InChI is InChI=1S/C15H23N3O2/c1-20-14-6-3-8-18(11-14)9-7-15(19)17-13-5-2-4-12(16)10-13/h2,4-5,10,14H,3,6-9,11,16H2,1H3,(H,17,19). The second-order valence-electron chi connectivity index (χ2n) is 5.22. The summed E-state index contributed by atoms with van der Waals surface area (Å²) in [6.45, 7) is 2.74. The van der Waals surface area contributed by atoms with Crippen molar-refractivity contribution in [3.05, 3.63) is 24.3 Å². The molecular formula is C15H23N3O2. The molecule has 0 saturated carbocycles. The monoisotopic (exact) mass is 277 g/mol. The van der Waals surface area contributed by atoms with Crippen LogP contribution in [-0.2, 0) is 9.53 Å². The Kier molecular flexibility index (Phi) is 5.38. The zero-order chi connectivity index (χ0) is 14.4. The van der Waals surface area contributed by atoms with Crippen LogP contribution in [0.1, 0.15) is 19.3 Å². The number of methoxy groups -OCH3 is 1. The molecule has 1 aromatic rings. The lowest BCUT2D eigenvalue weighted by Gasteiger charge is -2.31. The van der Waals surface area contributed by atoms with Crippen LogP contribution >= 0.6 is 0 Å². The first kappa shape index (κ1) is 14.8. The van der Waals surface area contributed by atoms with Crippen LogP contribution in [0.4, 0.5) is 11.4 Å². The number of likely N-dealkylation sites (tertiary alicyclic amines) is 1. The first-order chi connectivity index (χ1) is 9.67. The smallest absolute Gasteiger partial charge is 0.225 e. The van der Waals surface area contributed by atoms with Gasteiger partial charge in [0.25, 0.3) is 0 Å². The predicted molar refractivity (Wildman–Crippen MR) is 80.6 cm³/mol. The molecule has 1 saturated heterocycles. The summed E-state index contributed by atoms with van der Waals surface area (Å²) in [4.78, 5) is 14.2. The molecule has 1 atom stereocenters. The maximum absolute atomic E-state index is 11.9. The molecule has 2 rings (SSSR count). The highest BCUT2D eigenvalue weighted by Gasteiger charge is 2.19. The lowest BCUT2D eigenvalue weighted by molar-refractivity contribution is -0.116. The normalized spacial score (nSPS) is 19.8. The maximum atomic E-state index is 11.9. The molecule has 0 radical (unpaired) electrons. The minimum absolute atomic E-state index is 0.0233. The number of ether oxygens (including phenoxy) is 1. The molecule has 20 heavy (non-hydrogen) atoms. The van der Waals surface area contributed by atoms with Gasteiger partial charge in [-0.15, -0.1) is 0 Å². The van der Waals surface area contributed by atoms with E-state index in [1.165, 1.54) is 0 Å². The first-order valence-electron chi connectivity index (χ1n) is 7.08. The van der Waals surface area contributed by atoms with E-state index in [0.29, 0.717) is 18.2 Å². The van der Waals surface area contributed by atoms with Gasteiger partial charge in [-0.1, -0.05) is 6.07 Å². The van der Waals surface area contributed by atoms with E-state index in [9.17, 15) is 4.79 Å². The van der Waals surface area contributed by atoms with Gasteiger partial charge in [0.05, 0.1) is 6.10 Å². The topological polar surface area (TPSA) is 67.6 Å². The molecule has 0 aliphatic carbocycles. The highest BCUT2D eigenvalue weighted by molar-refractivity contribution is 5.91. The van der Waals surface area contributed by atoms with E-state index in [1.807, 2.05) is 12.1 Å². The van der Waals surface area contributed by atoms with Crippen LogP contribution in [0.3, 0.4) is 0 Å². The Labute approximate surface area is 120 Å². The van der Waals surface area contributed by atoms with Crippen molar-refractivity contribution in [1.29, 1.82) is 0 Å². The molecule has 5 heteroatoms. The number of carbonyl (C=O) groups is 1. The molecule has 0 aromatic heterocycles. The fourth-order valence-electron chi connectivity index (χ4n) is 2.51. The number of benzene rings is 1. The van der Waals surface area contributed by atoms with Gasteiger partial charge >= 0.3 is 0 Å². The molecule has 3 N–H and O–H groups in total. The van der Waals surface area contributed by atoms with E-state index in [4.69, 9.17) is 10.5 Å². The number of nitrogens with zero attached hydrogens (tertiary/aromatic N) is 1. The van der Waals surface area contributed by atoms with E-state index in [0.717, 1.165) is 38.2 Å². The molecule has 1 amide bonds. The minimum atomic E-state index is 0.0233. The van der Waals surface area contributed by atoms with E-state index in [-0.39, 0.29) is 5.91 Å². The summed E-state index contributed by atoms with van der Waals surface area (Å²) < 4.78 is 5.38. The zero-order valence-corrected chi connectivity index (χ0v) is 12.0. The van der Waals surface area contributed by atoms with Gasteiger partial charge < -0.3 is 20.7 Å². The third kappa shape index (κ3) is 4.51. The van der Waals surface area contributed by atoms with Gasteiger partial charge in [0, 0.05) is 38.0 Å². The lowest BCUT2D eigenvalue weighted by Crippen LogP contribution is -2.40. The highest BCUT2D eigenvalue weighted by Crippen LogP contribution is 2.14. The van der Waals surface area contributed by atoms with Crippen LogP contribution in [0, 0.1) is 0 Å². The van der Waals surface area contributed by atoms with Gasteiger partial charge in [0.15, 0.2) is 0 Å². The summed E-state index contributed by atoms with van der Waals surface area (Å²) in [5.41, 5.74) is 7.09. The fourth-order valence-corrected chi connectivity index (χ4v) is 2.51. The average Bonchev–Trinajstić information content (AvgIpc) is 2.45. The van der Waals surface area contributed by atoms with Gasteiger partial charge in [-0.3, -0.25) is 4.79 Å². The van der Waals surface area contributed by atoms with Gasteiger partial charge in [-0.25, -0.2) is 0 Å². The molecular weight excluding hydrogens is 254 g/mol. The Bertz CT molecular complexity index is 450. The molecule has 1 aliphatic heterocycles. The summed E-state index contributed by atoms with van der Waals surface area (Å²) in [7, 11) is 1.75. The number of carbonyl (C=O) groups excluding carboxylic acids is 1. The molecule has 1 aromatic carbocycles. The molecule has 1 heterocycles. The fraction of sp³-hybridized carbons (Fsp3) is 0.533. The van der Waals surface area contributed by atoms with Crippen molar-refractivity contribution in [1.82, 2.24) is 4.90 Å². The Morgan fingerprint density at radius 3 is 3.15 bits per heavy atom. The first-order valence-corrected chi connectivity index (χ1v) is 7.08. The van der Waals surface area contributed by atoms with E-state index in [1.54, 1.807) is 19.2 Å². The van der Waals surface area contributed by atoms with Crippen molar-refractivity contribution in [2.24, 2.45) is 0 Å². The van der Waals surface area contributed by atoms with Crippen molar-refractivity contribution in [2.75, 3.05) is 37.8 Å². The molecule has 0 bridgehead atoms. The number of hydrogen-bond donors (Lipinski definition) is 2. The number of rotatable bonds is 5. The molecule has 1 unspecified atom stereocenters. The van der Waals surface area contributed by atoms with Crippen molar-refractivity contribution in [2.45, 2.75) is 25.4 Å². The summed E-state index contributed by atoms with van der Waals surface area (Å²) >= 11 is 0. The van der Waals surface area contributed by atoms with Crippen molar-refractivity contribution in [3.8, 4) is 0 Å². The largest absolute Gasteiger partial charge is 0.399 e. The molecule has 1 aliphatic rings. The lowest BCUT2D eigenvalue weighted by atomic mass is 10.1. The Morgan fingerprint density at radius 2 is 2.40 bits per heavy atom. The maximum Gasteiger partial charge on any atom is 0.225 e. The summed E-state index contributed by atoms with van der Waals surface area (Å²) in [6.07, 6.45) is 3.05. The second kappa shape index (κ2) is 7.26. The number of piperidine rings is 1. The number of nitrogens with two attached hydrogens (primary N) is 1.